The highest BCUT2D eigenvalue weighted by molar-refractivity contribution is 5.92. The number of carbonyl (C=O) groups is 2. The van der Waals surface area contributed by atoms with Crippen molar-refractivity contribution in [1.29, 1.82) is 0 Å². The summed E-state index contributed by atoms with van der Waals surface area (Å²) in [4.78, 5) is 30.6. The van der Waals surface area contributed by atoms with E-state index in [2.05, 4.69) is 41.3 Å². The molecule has 0 atom stereocenters. The zero-order valence-corrected chi connectivity index (χ0v) is 13.8. The summed E-state index contributed by atoms with van der Waals surface area (Å²) in [5.74, 6) is -1.53. The molecule has 1 amide bonds. The zero-order chi connectivity index (χ0) is 17.6. The number of aromatic carboxylic acids is 1. The van der Waals surface area contributed by atoms with Gasteiger partial charge >= 0.3 is 5.97 Å². The Labute approximate surface area is 141 Å². The fourth-order valence-corrected chi connectivity index (χ4v) is 2.70. The molecule has 2 N–H and O–H groups in total. The molecular weight excluding hydrogens is 306 g/mol. The molecule has 0 saturated carbocycles. The molecule has 1 aromatic heterocycles. The highest BCUT2D eigenvalue weighted by atomic mass is 16.4. The van der Waals surface area contributed by atoms with Crippen molar-refractivity contribution < 1.29 is 14.7 Å². The summed E-state index contributed by atoms with van der Waals surface area (Å²) >= 11 is 0. The third kappa shape index (κ3) is 3.76. The Bertz CT molecular complexity index is 695. The summed E-state index contributed by atoms with van der Waals surface area (Å²) in [6.45, 7) is 4.68. The van der Waals surface area contributed by atoms with E-state index in [0.717, 1.165) is 19.0 Å². The Balaban J connectivity index is 2.12. The summed E-state index contributed by atoms with van der Waals surface area (Å²) in [5, 5.41) is 11.7. The maximum absolute atomic E-state index is 12.3. The largest absolute Gasteiger partial charge is 0.476 e. The van der Waals surface area contributed by atoms with Crippen LogP contribution in [0.25, 0.3) is 0 Å². The van der Waals surface area contributed by atoms with E-state index in [1.54, 1.807) is 0 Å². The molecule has 0 saturated heterocycles. The number of hydrogen-bond acceptors (Lipinski definition) is 4. The average molecular weight is 327 g/mol. The van der Waals surface area contributed by atoms with Crippen LogP contribution in [0.1, 0.15) is 53.2 Å². The topological polar surface area (TPSA) is 92.2 Å². The van der Waals surface area contributed by atoms with Crippen LogP contribution in [-0.4, -0.2) is 33.5 Å². The minimum absolute atomic E-state index is 0.106. The van der Waals surface area contributed by atoms with E-state index >= 15 is 0 Å². The number of aromatic nitrogens is 2. The second kappa shape index (κ2) is 7.68. The summed E-state index contributed by atoms with van der Waals surface area (Å²) in [5.41, 5.74) is 0.954. The van der Waals surface area contributed by atoms with Crippen molar-refractivity contribution in [2.75, 3.05) is 6.54 Å². The van der Waals surface area contributed by atoms with Gasteiger partial charge in [0.2, 0.25) is 0 Å². The normalized spacial score (nSPS) is 11.1. The van der Waals surface area contributed by atoms with Gasteiger partial charge in [-0.25, -0.2) is 14.8 Å². The number of rotatable bonds is 7. The standard InChI is InChI=1S/C18H21N3O3/c1-3-18(4-2,13-8-6-5-7-9-13)12-21-16(22)14-10-20-15(11-19-14)17(23)24/h5-11H,3-4,12H2,1-2H3,(H,21,22)(H,23,24). The number of carbonyl (C=O) groups excluding carboxylic acids is 1. The molecule has 2 aromatic rings. The van der Waals surface area contributed by atoms with E-state index in [1.807, 2.05) is 18.2 Å². The number of nitrogens with zero attached hydrogens (tertiary/aromatic N) is 2. The Morgan fingerprint density at radius 3 is 2.12 bits per heavy atom. The highest BCUT2D eigenvalue weighted by Gasteiger charge is 2.29. The van der Waals surface area contributed by atoms with E-state index in [1.165, 1.54) is 11.8 Å². The quantitative estimate of drug-likeness (QED) is 0.815. The minimum Gasteiger partial charge on any atom is -0.476 e. The maximum atomic E-state index is 12.3. The van der Waals surface area contributed by atoms with Gasteiger partial charge in [-0.15, -0.1) is 0 Å². The van der Waals surface area contributed by atoms with E-state index in [0.29, 0.717) is 6.54 Å². The van der Waals surface area contributed by atoms with Crippen molar-refractivity contribution in [3.8, 4) is 0 Å². The van der Waals surface area contributed by atoms with Gasteiger partial charge in [0.05, 0.1) is 12.4 Å². The van der Waals surface area contributed by atoms with E-state index in [4.69, 9.17) is 5.11 Å². The van der Waals surface area contributed by atoms with Gasteiger partial charge in [-0.05, 0) is 18.4 Å². The third-order valence-electron chi connectivity index (χ3n) is 4.43. The number of benzene rings is 1. The lowest BCUT2D eigenvalue weighted by atomic mass is 9.76. The van der Waals surface area contributed by atoms with Crippen LogP contribution < -0.4 is 5.32 Å². The van der Waals surface area contributed by atoms with Crippen molar-refractivity contribution in [2.45, 2.75) is 32.1 Å². The molecule has 2 rings (SSSR count). The van der Waals surface area contributed by atoms with Gasteiger partial charge < -0.3 is 10.4 Å². The molecule has 6 heteroatoms. The number of hydrogen-bond donors (Lipinski definition) is 2. The lowest BCUT2D eigenvalue weighted by Crippen LogP contribution is -2.40. The molecule has 1 heterocycles. The van der Waals surface area contributed by atoms with Gasteiger partial charge in [-0.2, -0.15) is 0 Å². The van der Waals surface area contributed by atoms with Gasteiger partial charge in [0, 0.05) is 12.0 Å². The molecule has 0 unspecified atom stereocenters. The first-order valence-electron chi connectivity index (χ1n) is 7.91. The third-order valence-corrected chi connectivity index (χ3v) is 4.43. The fraction of sp³-hybridized carbons (Fsp3) is 0.333. The fourth-order valence-electron chi connectivity index (χ4n) is 2.70. The van der Waals surface area contributed by atoms with Gasteiger partial charge in [0.15, 0.2) is 5.69 Å². The second-order valence-corrected chi connectivity index (χ2v) is 5.63. The second-order valence-electron chi connectivity index (χ2n) is 5.63. The number of carboxylic acids is 1. The lowest BCUT2D eigenvalue weighted by Gasteiger charge is -2.32. The van der Waals surface area contributed by atoms with Gasteiger partial charge in [-0.1, -0.05) is 44.2 Å². The van der Waals surface area contributed by atoms with E-state index < -0.39 is 5.97 Å². The molecule has 0 spiro atoms. The molecule has 0 aliphatic carbocycles. The van der Waals surface area contributed by atoms with Crippen molar-refractivity contribution in [3.63, 3.8) is 0 Å². The molecular formula is C18H21N3O3. The Kier molecular flexibility index (Phi) is 5.63. The number of carboxylic acid groups (broad SMARTS) is 1. The Hall–Kier alpha value is -2.76. The molecule has 1 aromatic carbocycles. The lowest BCUT2D eigenvalue weighted by molar-refractivity contribution is 0.0689. The first-order chi connectivity index (χ1) is 11.5. The first-order valence-corrected chi connectivity index (χ1v) is 7.91. The van der Waals surface area contributed by atoms with Crippen molar-refractivity contribution in [2.24, 2.45) is 0 Å². The van der Waals surface area contributed by atoms with Crippen LogP contribution >= 0.6 is 0 Å². The van der Waals surface area contributed by atoms with Gasteiger partial charge in [0.1, 0.15) is 5.69 Å². The Morgan fingerprint density at radius 1 is 1.04 bits per heavy atom. The number of nitrogens with one attached hydrogen (secondary N) is 1. The van der Waals surface area contributed by atoms with Crippen molar-refractivity contribution in [3.05, 3.63) is 59.7 Å². The highest BCUT2D eigenvalue weighted by Crippen LogP contribution is 2.30. The molecule has 126 valence electrons. The molecule has 0 aliphatic rings. The predicted molar refractivity (Wildman–Crippen MR) is 90.0 cm³/mol. The summed E-state index contributed by atoms with van der Waals surface area (Å²) < 4.78 is 0. The average Bonchev–Trinajstić information content (AvgIpc) is 2.63. The molecule has 6 nitrogen and oxygen atoms in total. The zero-order valence-electron chi connectivity index (χ0n) is 13.8. The molecule has 0 fully saturated rings. The number of amides is 1. The van der Waals surface area contributed by atoms with Crippen LogP contribution in [0.15, 0.2) is 42.7 Å². The monoisotopic (exact) mass is 327 g/mol. The van der Waals surface area contributed by atoms with Crippen LogP contribution in [0.4, 0.5) is 0 Å². The van der Waals surface area contributed by atoms with E-state index in [-0.39, 0.29) is 22.7 Å². The summed E-state index contributed by atoms with van der Waals surface area (Å²) in [7, 11) is 0. The van der Waals surface area contributed by atoms with Gasteiger partial charge in [-0.3, -0.25) is 4.79 Å². The molecule has 24 heavy (non-hydrogen) atoms. The van der Waals surface area contributed by atoms with Crippen LogP contribution in [0, 0.1) is 0 Å². The molecule has 0 aliphatic heterocycles. The predicted octanol–water partition coefficient (Wildman–Crippen LogP) is 2.66. The van der Waals surface area contributed by atoms with Gasteiger partial charge in [0.25, 0.3) is 5.91 Å². The van der Waals surface area contributed by atoms with Crippen molar-refractivity contribution in [1.82, 2.24) is 15.3 Å². The smallest absolute Gasteiger partial charge is 0.356 e. The molecule has 0 bridgehead atoms. The van der Waals surface area contributed by atoms with Crippen molar-refractivity contribution >= 4 is 11.9 Å². The maximum Gasteiger partial charge on any atom is 0.356 e. The Morgan fingerprint density at radius 2 is 1.62 bits per heavy atom. The summed E-state index contributed by atoms with van der Waals surface area (Å²) in [6, 6.07) is 10.1. The minimum atomic E-state index is -1.17. The van der Waals surface area contributed by atoms with Crippen LogP contribution in [0.3, 0.4) is 0 Å². The van der Waals surface area contributed by atoms with Crippen LogP contribution in [0.5, 0.6) is 0 Å². The van der Waals surface area contributed by atoms with Crippen LogP contribution in [-0.2, 0) is 5.41 Å². The van der Waals surface area contributed by atoms with Crippen LogP contribution in [0.2, 0.25) is 0 Å². The SMILES string of the molecule is CCC(CC)(CNC(=O)c1cnc(C(=O)O)cn1)c1ccccc1. The van der Waals surface area contributed by atoms with E-state index in [9.17, 15) is 9.59 Å². The summed E-state index contributed by atoms with van der Waals surface area (Å²) in [6.07, 6.45) is 4.04. The molecule has 0 radical (unpaired) electrons. The first kappa shape index (κ1) is 17.6.